The molecule has 2 atom stereocenters. The number of nitrogens with two attached hydrogens (primary N) is 1. The Morgan fingerprint density at radius 2 is 1.84 bits per heavy atom. The first-order valence-corrected chi connectivity index (χ1v) is 6.97. The van der Waals surface area contributed by atoms with Crippen LogP contribution in [0.1, 0.15) is 46.5 Å². The third-order valence-electron chi connectivity index (χ3n) is 3.05. The Morgan fingerprint density at radius 3 is 2.32 bits per heavy atom. The number of hydrogen-bond acceptors (Lipinski definition) is 4. The number of amides is 1. The van der Waals surface area contributed by atoms with Crippen LogP contribution in [0.15, 0.2) is 0 Å². The van der Waals surface area contributed by atoms with Crippen molar-refractivity contribution in [1.82, 2.24) is 5.32 Å². The summed E-state index contributed by atoms with van der Waals surface area (Å²) in [6.07, 6.45) is 2.72. The van der Waals surface area contributed by atoms with Gasteiger partial charge in [0.25, 0.3) is 0 Å². The predicted molar refractivity (Wildman–Crippen MR) is 75.5 cm³/mol. The molecule has 0 aliphatic carbocycles. The predicted octanol–water partition coefficient (Wildman–Crippen LogP) is 1.46. The fraction of sp³-hybridized carbons (Fsp3) is 0.857. The zero-order chi connectivity index (χ0) is 14.8. The van der Waals surface area contributed by atoms with Crippen molar-refractivity contribution in [2.45, 2.75) is 52.5 Å². The molecule has 0 heterocycles. The van der Waals surface area contributed by atoms with Gasteiger partial charge in [0.1, 0.15) is 6.04 Å². The smallest absolute Gasteiger partial charge is 0.328 e. The Bertz CT molecular complexity index is 280. The minimum Gasteiger partial charge on any atom is -0.467 e. The Labute approximate surface area is 116 Å². The maximum absolute atomic E-state index is 11.8. The van der Waals surface area contributed by atoms with E-state index in [1.807, 2.05) is 13.8 Å². The number of ether oxygens (including phenoxy) is 1. The fourth-order valence-electron chi connectivity index (χ4n) is 1.90. The van der Waals surface area contributed by atoms with Gasteiger partial charge in [0.15, 0.2) is 0 Å². The van der Waals surface area contributed by atoms with Crippen LogP contribution in [0, 0.1) is 11.8 Å². The minimum atomic E-state index is -0.540. The summed E-state index contributed by atoms with van der Waals surface area (Å²) in [7, 11) is 1.34. The van der Waals surface area contributed by atoms with E-state index in [0.717, 1.165) is 12.8 Å². The SMILES string of the molecule is COC(=O)C(CC(C)C)NC(=O)CCC(C)CCN. The second-order valence-electron chi connectivity index (χ2n) is 5.49. The van der Waals surface area contributed by atoms with Crippen LogP contribution in [0.2, 0.25) is 0 Å². The lowest BCUT2D eigenvalue weighted by Crippen LogP contribution is -2.42. The van der Waals surface area contributed by atoms with Gasteiger partial charge in [0.2, 0.25) is 5.91 Å². The highest BCUT2D eigenvalue weighted by atomic mass is 16.5. The molecule has 0 saturated carbocycles. The second kappa shape index (κ2) is 9.78. The van der Waals surface area contributed by atoms with Gasteiger partial charge in [-0.2, -0.15) is 0 Å². The van der Waals surface area contributed by atoms with Crippen LogP contribution in [0.4, 0.5) is 0 Å². The molecule has 112 valence electrons. The summed E-state index contributed by atoms with van der Waals surface area (Å²) in [6, 6.07) is -0.540. The third kappa shape index (κ3) is 8.59. The first kappa shape index (κ1) is 17.9. The zero-order valence-corrected chi connectivity index (χ0v) is 12.6. The van der Waals surface area contributed by atoms with E-state index in [9.17, 15) is 9.59 Å². The number of nitrogens with one attached hydrogen (secondary N) is 1. The van der Waals surface area contributed by atoms with Gasteiger partial charge in [-0.1, -0.05) is 20.8 Å². The van der Waals surface area contributed by atoms with Crippen LogP contribution >= 0.6 is 0 Å². The van der Waals surface area contributed by atoms with Crippen molar-refractivity contribution in [3.05, 3.63) is 0 Å². The van der Waals surface area contributed by atoms with Gasteiger partial charge in [-0.15, -0.1) is 0 Å². The number of methoxy groups -OCH3 is 1. The van der Waals surface area contributed by atoms with Gasteiger partial charge in [-0.25, -0.2) is 4.79 Å². The molecular formula is C14H28N2O3. The molecule has 5 nitrogen and oxygen atoms in total. The van der Waals surface area contributed by atoms with Gasteiger partial charge in [0, 0.05) is 6.42 Å². The van der Waals surface area contributed by atoms with Crippen molar-refractivity contribution >= 4 is 11.9 Å². The highest BCUT2D eigenvalue weighted by molar-refractivity contribution is 5.84. The highest BCUT2D eigenvalue weighted by Gasteiger charge is 2.22. The molecule has 1 amide bonds. The standard InChI is InChI=1S/C14H28N2O3/c1-10(2)9-12(14(18)19-4)16-13(17)6-5-11(3)7-8-15/h10-12H,5-9,15H2,1-4H3,(H,16,17). The molecule has 0 aromatic carbocycles. The molecule has 2 unspecified atom stereocenters. The summed E-state index contributed by atoms with van der Waals surface area (Å²) in [6.45, 7) is 6.73. The Morgan fingerprint density at radius 1 is 1.21 bits per heavy atom. The van der Waals surface area contributed by atoms with Gasteiger partial charge in [0.05, 0.1) is 7.11 Å². The molecular weight excluding hydrogens is 244 g/mol. The quantitative estimate of drug-likeness (QED) is 0.623. The van der Waals surface area contributed by atoms with Crippen molar-refractivity contribution in [2.24, 2.45) is 17.6 Å². The highest BCUT2D eigenvalue weighted by Crippen LogP contribution is 2.10. The molecule has 0 bridgehead atoms. The normalized spacial score (nSPS) is 14.0. The number of rotatable bonds is 9. The van der Waals surface area contributed by atoms with E-state index in [2.05, 4.69) is 12.2 Å². The van der Waals surface area contributed by atoms with E-state index in [4.69, 9.17) is 10.5 Å². The Hall–Kier alpha value is -1.10. The molecule has 0 aliphatic rings. The average Bonchev–Trinajstić information content (AvgIpc) is 2.34. The maximum Gasteiger partial charge on any atom is 0.328 e. The second-order valence-corrected chi connectivity index (χ2v) is 5.49. The van der Waals surface area contributed by atoms with Crippen LogP contribution in [0.3, 0.4) is 0 Å². The molecule has 0 radical (unpaired) electrons. The number of esters is 1. The topological polar surface area (TPSA) is 81.4 Å². The van der Waals surface area contributed by atoms with Gasteiger partial charge < -0.3 is 15.8 Å². The molecule has 0 fully saturated rings. The molecule has 0 aliphatic heterocycles. The monoisotopic (exact) mass is 272 g/mol. The van der Waals surface area contributed by atoms with Crippen molar-refractivity contribution < 1.29 is 14.3 Å². The number of hydrogen-bond donors (Lipinski definition) is 2. The van der Waals surface area contributed by atoms with Crippen LogP contribution < -0.4 is 11.1 Å². The van der Waals surface area contributed by atoms with Crippen molar-refractivity contribution in [3.63, 3.8) is 0 Å². The summed E-state index contributed by atoms with van der Waals surface area (Å²) in [4.78, 5) is 23.4. The average molecular weight is 272 g/mol. The lowest BCUT2D eigenvalue weighted by Gasteiger charge is -2.18. The third-order valence-corrected chi connectivity index (χ3v) is 3.05. The van der Waals surface area contributed by atoms with Crippen molar-refractivity contribution in [1.29, 1.82) is 0 Å². The van der Waals surface area contributed by atoms with E-state index in [1.54, 1.807) is 0 Å². The van der Waals surface area contributed by atoms with Crippen molar-refractivity contribution in [3.8, 4) is 0 Å². The van der Waals surface area contributed by atoms with Crippen LogP contribution in [-0.4, -0.2) is 31.6 Å². The van der Waals surface area contributed by atoms with Gasteiger partial charge in [-0.3, -0.25) is 4.79 Å². The van der Waals surface area contributed by atoms with E-state index < -0.39 is 6.04 Å². The summed E-state index contributed by atoms with van der Waals surface area (Å²) < 4.78 is 4.71. The van der Waals surface area contributed by atoms with Crippen LogP contribution in [-0.2, 0) is 14.3 Å². The number of carbonyl (C=O) groups excluding carboxylic acids is 2. The lowest BCUT2D eigenvalue weighted by atomic mass is 10.0. The molecule has 0 aromatic heterocycles. The first-order chi connectivity index (χ1) is 8.90. The van der Waals surface area contributed by atoms with Crippen LogP contribution in [0.25, 0.3) is 0 Å². The van der Waals surface area contributed by atoms with E-state index in [1.165, 1.54) is 7.11 Å². The van der Waals surface area contributed by atoms with E-state index in [-0.39, 0.29) is 11.9 Å². The van der Waals surface area contributed by atoms with Gasteiger partial charge >= 0.3 is 5.97 Å². The molecule has 0 rings (SSSR count). The largest absolute Gasteiger partial charge is 0.467 e. The Balaban J connectivity index is 4.19. The summed E-state index contributed by atoms with van der Waals surface area (Å²) >= 11 is 0. The van der Waals surface area contributed by atoms with Crippen LogP contribution in [0.5, 0.6) is 0 Å². The van der Waals surface area contributed by atoms with E-state index >= 15 is 0 Å². The molecule has 19 heavy (non-hydrogen) atoms. The van der Waals surface area contributed by atoms with Crippen molar-refractivity contribution in [2.75, 3.05) is 13.7 Å². The summed E-state index contributed by atoms with van der Waals surface area (Å²) in [5.74, 6) is 0.273. The molecule has 0 spiro atoms. The fourth-order valence-corrected chi connectivity index (χ4v) is 1.90. The zero-order valence-electron chi connectivity index (χ0n) is 12.6. The number of carbonyl (C=O) groups is 2. The summed E-state index contributed by atoms with van der Waals surface area (Å²) in [5, 5.41) is 2.75. The Kier molecular flexibility index (Phi) is 9.21. The van der Waals surface area contributed by atoms with E-state index in [0.29, 0.717) is 31.2 Å². The molecule has 0 aromatic rings. The molecule has 3 N–H and O–H groups in total. The van der Waals surface area contributed by atoms with Gasteiger partial charge in [-0.05, 0) is 37.6 Å². The molecule has 0 saturated heterocycles. The first-order valence-electron chi connectivity index (χ1n) is 6.97. The summed E-state index contributed by atoms with van der Waals surface area (Å²) in [5.41, 5.74) is 5.47. The lowest BCUT2D eigenvalue weighted by molar-refractivity contribution is -0.145. The molecule has 5 heteroatoms. The maximum atomic E-state index is 11.8. The minimum absolute atomic E-state index is 0.0973.